The van der Waals surface area contributed by atoms with Crippen LogP contribution in [0.25, 0.3) is 0 Å². The molecule has 3 nitrogen and oxygen atoms in total. The van der Waals surface area contributed by atoms with Crippen molar-refractivity contribution >= 4 is 0 Å². The first-order chi connectivity index (χ1) is 6.72. The predicted molar refractivity (Wildman–Crippen MR) is 57.9 cm³/mol. The molecule has 0 atom stereocenters. The number of rotatable bonds is 5. The summed E-state index contributed by atoms with van der Waals surface area (Å²) in [5.74, 6) is 1.65. The summed E-state index contributed by atoms with van der Waals surface area (Å²) in [6.45, 7) is 5.08. The van der Waals surface area contributed by atoms with Crippen LogP contribution >= 0.6 is 0 Å². The topological polar surface area (TPSA) is 51.8 Å². The lowest BCUT2D eigenvalue weighted by Crippen LogP contribution is -2.07. The van der Waals surface area contributed by atoms with Gasteiger partial charge in [0.05, 0.1) is 0 Å². The van der Waals surface area contributed by atoms with Gasteiger partial charge in [0.25, 0.3) is 0 Å². The van der Waals surface area contributed by atoms with Gasteiger partial charge in [0, 0.05) is 24.7 Å². The van der Waals surface area contributed by atoms with Gasteiger partial charge in [-0.2, -0.15) is 0 Å². The summed E-state index contributed by atoms with van der Waals surface area (Å²) in [5.41, 5.74) is 6.53. The van der Waals surface area contributed by atoms with Crippen molar-refractivity contribution in [2.75, 3.05) is 6.54 Å². The molecule has 0 spiro atoms. The molecule has 0 bridgehead atoms. The van der Waals surface area contributed by atoms with Crippen LogP contribution in [0.3, 0.4) is 0 Å². The van der Waals surface area contributed by atoms with Gasteiger partial charge in [0.2, 0.25) is 0 Å². The largest absolute Gasteiger partial charge is 0.330 e. The Morgan fingerprint density at radius 2 is 2.14 bits per heavy atom. The second-order valence-electron chi connectivity index (χ2n) is 3.94. The van der Waals surface area contributed by atoms with E-state index in [1.165, 1.54) is 0 Å². The second kappa shape index (κ2) is 5.70. The monoisotopic (exact) mass is 193 g/mol. The van der Waals surface area contributed by atoms with Crippen LogP contribution in [0.4, 0.5) is 0 Å². The zero-order valence-electron chi connectivity index (χ0n) is 9.03. The smallest absolute Gasteiger partial charge is 0.128 e. The van der Waals surface area contributed by atoms with Crippen LogP contribution in [0.15, 0.2) is 12.3 Å². The molecule has 0 aromatic carbocycles. The van der Waals surface area contributed by atoms with Crippen molar-refractivity contribution in [3.63, 3.8) is 0 Å². The lowest BCUT2D eigenvalue weighted by atomic mass is 10.1. The highest BCUT2D eigenvalue weighted by Gasteiger charge is 2.00. The number of hydrogen-bond donors (Lipinski definition) is 1. The molecule has 0 fully saturated rings. The van der Waals surface area contributed by atoms with Gasteiger partial charge in [-0.15, -0.1) is 0 Å². The van der Waals surface area contributed by atoms with Gasteiger partial charge in [-0.3, -0.25) is 0 Å². The SMILES string of the molecule is CC(C)CCc1nccc(CCN)n1. The minimum atomic E-state index is 0.653. The maximum Gasteiger partial charge on any atom is 0.128 e. The van der Waals surface area contributed by atoms with Gasteiger partial charge in [0.1, 0.15) is 5.82 Å². The summed E-state index contributed by atoms with van der Waals surface area (Å²) in [5, 5.41) is 0. The zero-order chi connectivity index (χ0) is 10.4. The molecule has 1 heterocycles. The zero-order valence-corrected chi connectivity index (χ0v) is 9.03. The maximum absolute atomic E-state index is 5.47. The van der Waals surface area contributed by atoms with Crippen LogP contribution < -0.4 is 5.73 Å². The molecule has 0 unspecified atom stereocenters. The standard InChI is InChI=1S/C11H19N3/c1-9(2)3-4-11-13-8-6-10(14-11)5-7-12/h6,8-9H,3-5,7,12H2,1-2H3. The molecule has 3 heteroatoms. The molecule has 0 saturated heterocycles. The number of nitrogens with zero attached hydrogens (tertiary/aromatic N) is 2. The van der Waals surface area contributed by atoms with E-state index in [-0.39, 0.29) is 0 Å². The van der Waals surface area contributed by atoms with Crippen molar-refractivity contribution in [3.8, 4) is 0 Å². The van der Waals surface area contributed by atoms with Gasteiger partial charge in [-0.05, 0) is 24.9 Å². The third-order valence-electron chi connectivity index (χ3n) is 2.11. The highest BCUT2D eigenvalue weighted by molar-refractivity contribution is 5.02. The van der Waals surface area contributed by atoms with Gasteiger partial charge < -0.3 is 5.73 Å². The molecule has 78 valence electrons. The molecule has 2 N–H and O–H groups in total. The van der Waals surface area contributed by atoms with Crippen LogP contribution in [-0.2, 0) is 12.8 Å². The van der Waals surface area contributed by atoms with Crippen molar-refractivity contribution in [3.05, 3.63) is 23.8 Å². The summed E-state index contributed by atoms with van der Waals surface area (Å²) in [4.78, 5) is 8.69. The lowest BCUT2D eigenvalue weighted by Gasteiger charge is -2.04. The van der Waals surface area contributed by atoms with E-state index >= 15 is 0 Å². The van der Waals surface area contributed by atoms with E-state index in [9.17, 15) is 0 Å². The fourth-order valence-electron chi connectivity index (χ4n) is 1.27. The summed E-state index contributed by atoms with van der Waals surface area (Å²) in [7, 11) is 0. The van der Waals surface area contributed by atoms with E-state index in [2.05, 4.69) is 23.8 Å². The molecule has 0 aliphatic rings. The second-order valence-corrected chi connectivity index (χ2v) is 3.94. The van der Waals surface area contributed by atoms with E-state index < -0.39 is 0 Å². The minimum absolute atomic E-state index is 0.653. The molecule has 0 amide bonds. The summed E-state index contributed by atoms with van der Waals surface area (Å²) in [6.07, 6.45) is 4.78. The Labute approximate surface area is 85.8 Å². The average Bonchev–Trinajstić information content (AvgIpc) is 2.16. The Bertz CT molecular complexity index is 271. The fraction of sp³-hybridized carbons (Fsp3) is 0.636. The Morgan fingerprint density at radius 3 is 2.79 bits per heavy atom. The van der Waals surface area contributed by atoms with Gasteiger partial charge in [-0.25, -0.2) is 9.97 Å². The Morgan fingerprint density at radius 1 is 1.36 bits per heavy atom. The summed E-state index contributed by atoms with van der Waals surface area (Å²) in [6, 6.07) is 1.94. The lowest BCUT2D eigenvalue weighted by molar-refractivity contribution is 0.573. The molecule has 1 rings (SSSR count). The Hall–Kier alpha value is -0.960. The minimum Gasteiger partial charge on any atom is -0.330 e. The third-order valence-corrected chi connectivity index (χ3v) is 2.11. The molecular weight excluding hydrogens is 174 g/mol. The van der Waals surface area contributed by atoms with E-state index in [1.54, 1.807) is 0 Å². The van der Waals surface area contributed by atoms with Crippen molar-refractivity contribution in [2.45, 2.75) is 33.1 Å². The van der Waals surface area contributed by atoms with Crippen LogP contribution in [-0.4, -0.2) is 16.5 Å². The van der Waals surface area contributed by atoms with E-state index in [1.807, 2.05) is 12.3 Å². The molecule has 0 radical (unpaired) electrons. The van der Waals surface area contributed by atoms with Crippen LogP contribution in [0, 0.1) is 5.92 Å². The molecule has 1 aromatic heterocycles. The first-order valence-corrected chi connectivity index (χ1v) is 5.23. The normalized spacial score (nSPS) is 10.9. The number of aromatic nitrogens is 2. The van der Waals surface area contributed by atoms with Gasteiger partial charge in [-0.1, -0.05) is 13.8 Å². The van der Waals surface area contributed by atoms with Crippen LogP contribution in [0.5, 0.6) is 0 Å². The van der Waals surface area contributed by atoms with Crippen molar-refractivity contribution in [1.29, 1.82) is 0 Å². The first-order valence-electron chi connectivity index (χ1n) is 5.23. The predicted octanol–water partition coefficient (Wildman–Crippen LogP) is 1.57. The van der Waals surface area contributed by atoms with Gasteiger partial charge in [0.15, 0.2) is 0 Å². The van der Waals surface area contributed by atoms with Crippen LogP contribution in [0.2, 0.25) is 0 Å². The molecule has 1 aromatic rings. The molecule has 14 heavy (non-hydrogen) atoms. The average molecular weight is 193 g/mol. The summed E-state index contributed by atoms with van der Waals surface area (Å²) < 4.78 is 0. The van der Waals surface area contributed by atoms with E-state index in [0.29, 0.717) is 12.5 Å². The molecule has 0 saturated carbocycles. The van der Waals surface area contributed by atoms with Crippen LogP contribution in [0.1, 0.15) is 31.8 Å². The quantitative estimate of drug-likeness (QED) is 0.772. The fourth-order valence-corrected chi connectivity index (χ4v) is 1.27. The van der Waals surface area contributed by atoms with E-state index in [0.717, 1.165) is 30.8 Å². The molecular formula is C11H19N3. The number of nitrogens with two attached hydrogens (primary N) is 1. The first kappa shape index (κ1) is 11.1. The highest BCUT2D eigenvalue weighted by Crippen LogP contribution is 2.05. The molecule has 0 aliphatic carbocycles. The van der Waals surface area contributed by atoms with E-state index in [4.69, 9.17) is 5.73 Å². The van der Waals surface area contributed by atoms with Crippen molar-refractivity contribution in [1.82, 2.24) is 9.97 Å². The molecule has 0 aliphatic heterocycles. The number of hydrogen-bond acceptors (Lipinski definition) is 3. The summed E-state index contributed by atoms with van der Waals surface area (Å²) >= 11 is 0. The number of aryl methyl sites for hydroxylation is 1. The highest BCUT2D eigenvalue weighted by atomic mass is 14.9. The Kier molecular flexibility index (Phi) is 4.53. The third kappa shape index (κ3) is 3.83. The van der Waals surface area contributed by atoms with Crippen molar-refractivity contribution in [2.24, 2.45) is 11.7 Å². The van der Waals surface area contributed by atoms with Gasteiger partial charge >= 0.3 is 0 Å². The Balaban J connectivity index is 2.54. The van der Waals surface area contributed by atoms with Crippen molar-refractivity contribution < 1.29 is 0 Å². The maximum atomic E-state index is 5.47.